The van der Waals surface area contributed by atoms with Crippen LogP contribution in [0.15, 0.2) is 30.5 Å². The van der Waals surface area contributed by atoms with Crippen molar-refractivity contribution in [3.8, 4) is 5.75 Å². The highest BCUT2D eigenvalue weighted by Crippen LogP contribution is 2.26. The Morgan fingerprint density at radius 2 is 2.12 bits per heavy atom. The fraction of sp³-hybridized carbons (Fsp3) is 0.385. The van der Waals surface area contributed by atoms with Crippen molar-refractivity contribution in [1.29, 1.82) is 0 Å². The van der Waals surface area contributed by atoms with E-state index in [4.69, 9.17) is 16.3 Å². The molecular formula is C13H16ClNO. The minimum absolute atomic E-state index is 0.00366. The van der Waals surface area contributed by atoms with E-state index < -0.39 is 0 Å². The molecule has 0 spiro atoms. The maximum atomic E-state index is 5.87. The minimum atomic E-state index is -0.00366. The fourth-order valence-electron chi connectivity index (χ4n) is 1.49. The fourth-order valence-corrected chi connectivity index (χ4v) is 1.57. The average Bonchev–Trinajstić information content (AvgIpc) is 2.75. The molecule has 0 amide bonds. The second-order valence-corrected chi connectivity index (χ2v) is 5.05. The van der Waals surface area contributed by atoms with E-state index in [-0.39, 0.29) is 5.41 Å². The van der Waals surface area contributed by atoms with Gasteiger partial charge in [0.2, 0.25) is 0 Å². The first-order chi connectivity index (χ1) is 7.62. The van der Waals surface area contributed by atoms with Gasteiger partial charge in [0.1, 0.15) is 5.75 Å². The van der Waals surface area contributed by atoms with Crippen LogP contribution in [-0.4, -0.2) is 17.5 Å². The Labute approximate surface area is 101 Å². The van der Waals surface area contributed by atoms with Gasteiger partial charge in [0, 0.05) is 22.9 Å². The van der Waals surface area contributed by atoms with Gasteiger partial charge in [0.15, 0.2) is 0 Å². The van der Waals surface area contributed by atoms with Crippen molar-refractivity contribution in [1.82, 2.24) is 4.98 Å². The molecule has 2 nitrogen and oxygen atoms in total. The summed E-state index contributed by atoms with van der Waals surface area (Å²) in [5, 5.41) is 1.17. The predicted molar refractivity (Wildman–Crippen MR) is 68.3 cm³/mol. The first-order valence-corrected chi connectivity index (χ1v) is 5.91. The van der Waals surface area contributed by atoms with E-state index in [0.29, 0.717) is 12.5 Å². The Kier molecular flexibility index (Phi) is 3.10. The Morgan fingerprint density at radius 3 is 2.88 bits per heavy atom. The van der Waals surface area contributed by atoms with Crippen LogP contribution < -0.4 is 4.74 Å². The van der Waals surface area contributed by atoms with Crippen LogP contribution in [0.3, 0.4) is 0 Å². The van der Waals surface area contributed by atoms with Crippen molar-refractivity contribution >= 4 is 22.5 Å². The highest BCUT2D eigenvalue weighted by atomic mass is 35.5. The molecule has 1 aromatic heterocycles. The molecule has 0 atom stereocenters. The van der Waals surface area contributed by atoms with Crippen molar-refractivity contribution in [2.75, 3.05) is 12.5 Å². The third-order valence-corrected chi connectivity index (χ3v) is 3.25. The van der Waals surface area contributed by atoms with Crippen molar-refractivity contribution < 1.29 is 4.74 Å². The van der Waals surface area contributed by atoms with E-state index >= 15 is 0 Å². The van der Waals surface area contributed by atoms with E-state index in [1.807, 2.05) is 24.4 Å². The molecule has 1 N–H and O–H groups in total. The zero-order valence-electron chi connectivity index (χ0n) is 9.59. The maximum Gasteiger partial charge on any atom is 0.143 e. The molecule has 0 saturated heterocycles. The number of para-hydroxylation sites is 1. The summed E-state index contributed by atoms with van der Waals surface area (Å²) in [5.74, 6) is 1.48. The highest BCUT2D eigenvalue weighted by Gasteiger charge is 2.17. The van der Waals surface area contributed by atoms with E-state index in [0.717, 1.165) is 11.3 Å². The summed E-state index contributed by atoms with van der Waals surface area (Å²) in [6, 6.07) is 8.07. The van der Waals surface area contributed by atoms with Crippen molar-refractivity contribution in [3.63, 3.8) is 0 Å². The van der Waals surface area contributed by atoms with Crippen LogP contribution in [0, 0.1) is 5.41 Å². The van der Waals surface area contributed by atoms with Gasteiger partial charge >= 0.3 is 0 Å². The Bertz CT molecular complexity index is 475. The topological polar surface area (TPSA) is 25.0 Å². The molecule has 2 aromatic rings. The van der Waals surface area contributed by atoms with Crippen LogP contribution in [0.25, 0.3) is 10.9 Å². The third-order valence-electron chi connectivity index (χ3n) is 2.53. The largest absolute Gasteiger partial charge is 0.491 e. The van der Waals surface area contributed by atoms with Gasteiger partial charge in [-0.1, -0.05) is 26.0 Å². The van der Waals surface area contributed by atoms with Gasteiger partial charge in [0.25, 0.3) is 0 Å². The van der Waals surface area contributed by atoms with E-state index in [2.05, 4.69) is 24.9 Å². The molecule has 86 valence electrons. The van der Waals surface area contributed by atoms with Crippen LogP contribution in [-0.2, 0) is 0 Å². The number of halogens is 1. The molecule has 0 radical (unpaired) electrons. The van der Waals surface area contributed by atoms with Crippen molar-refractivity contribution in [3.05, 3.63) is 30.5 Å². The number of nitrogens with one attached hydrogen (secondary N) is 1. The summed E-state index contributed by atoms with van der Waals surface area (Å²) in [5.41, 5.74) is 1.05. The molecule has 3 heteroatoms. The van der Waals surface area contributed by atoms with Gasteiger partial charge < -0.3 is 9.72 Å². The van der Waals surface area contributed by atoms with E-state index in [1.54, 1.807) is 0 Å². The number of alkyl halides is 1. The smallest absolute Gasteiger partial charge is 0.143 e. The molecule has 0 fully saturated rings. The standard InChI is InChI=1S/C13H16ClNO/c1-13(2,8-14)9-16-11-5-3-4-10-6-7-15-12(10)11/h3-7,15H,8-9H2,1-2H3. The van der Waals surface area contributed by atoms with Gasteiger partial charge in [-0.15, -0.1) is 11.6 Å². The zero-order valence-corrected chi connectivity index (χ0v) is 10.3. The zero-order chi connectivity index (χ0) is 11.6. The van der Waals surface area contributed by atoms with Crippen LogP contribution in [0.1, 0.15) is 13.8 Å². The summed E-state index contributed by atoms with van der Waals surface area (Å²) < 4.78 is 5.82. The summed E-state index contributed by atoms with van der Waals surface area (Å²) in [4.78, 5) is 3.18. The predicted octanol–water partition coefficient (Wildman–Crippen LogP) is 3.81. The number of aromatic amines is 1. The molecular weight excluding hydrogens is 222 g/mol. The van der Waals surface area contributed by atoms with Crippen LogP contribution in [0.4, 0.5) is 0 Å². The molecule has 0 unspecified atom stereocenters. The summed E-state index contributed by atoms with van der Waals surface area (Å²) >= 11 is 5.87. The monoisotopic (exact) mass is 237 g/mol. The number of fused-ring (bicyclic) bond motifs is 1. The molecule has 16 heavy (non-hydrogen) atoms. The lowest BCUT2D eigenvalue weighted by molar-refractivity contribution is 0.202. The lowest BCUT2D eigenvalue weighted by atomic mass is 9.98. The third kappa shape index (κ3) is 2.33. The molecule has 2 rings (SSSR count). The number of aromatic nitrogens is 1. The van der Waals surface area contributed by atoms with Gasteiger partial charge in [-0.25, -0.2) is 0 Å². The van der Waals surface area contributed by atoms with Gasteiger partial charge in [-0.3, -0.25) is 0 Å². The highest BCUT2D eigenvalue weighted by molar-refractivity contribution is 6.18. The number of H-pyrrole nitrogens is 1. The number of hydrogen-bond acceptors (Lipinski definition) is 1. The Balaban J connectivity index is 2.18. The molecule has 0 bridgehead atoms. The van der Waals surface area contributed by atoms with Gasteiger partial charge in [0.05, 0.1) is 12.1 Å². The van der Waals surface area contributed by atoms with Crippen LogP contribution >= 0.6 is 11.6 Å². The van der Waals surface area contributed by atoms with Crippen LogP contribution in [0.2, 0.25) is 0 Å². The number of benzene rings is 1. The lowest BCUT2D eigenvalue weighted by Gasteiger charge is -2.21. The Morgan fingerprint density at radius 1 is 1.31 bits per heavy atom. The number of hydrogen-bond donors (Lipinski definition) is 1. The van der Waals surface area contributed by atoms with Crippen molar-refractivity contribution in [2.24, 2.45) is 5.41 Å². The molecule has 0 aliphatic heterocycles. The molecule has 0 aliphatic carbocycles. The Hall–Kier alpha value is -1.15. The van der Waals surface area contributed by atoms with Gasteiger partial charge in [-0.05, 0) is 12.1 Å². The van der Waals surface area contributed by atoms with E-state index in [9.17, 15) is 0 Å². The lowest BCUT2D eigenvalue weighted by Crippen LogP contribution is -2.23. The molecule has 0 aliphatic rings. The molecule has 1 heterocycles. The maximum absolute atomic E-state index is 5.87. The summed E-state index contributed by atoms with van der Waals surface area (Å²) in [6.07, 6.45) is 1.92. The SMILES string of the molecule is CC(C)(CCl)COc1cccc2cc[nH]c12. The van der Waals surface area contributed by atoms with Gasteiger partial charge in [-0.2, -0.15) is 0 Å². The summed E-state index contributed by atoms with van der Waals surface area (Å²) in [6.45, 7) is 4.80. The van der Waals surface area contributed by atoms with Crippen molar-refractivity contribution in [2.45, 2.75) is 13.8 Å². The first kappa shape index (κ1) is 11.3. The average molecular weight is 238 g/mol. The number of rotatable bonds is 4. The first-order valence-electron chi connectivity index (χ1n) is 5.37. The quantitative estimate of drug-likeness (QED) is 0.804. The van der Waals surface area contributed by atoms with E-state index in [1.165, 1.54) is 5.39 Å². The molecule has 0 saturated carbocycles. The normalized spacial score (nSPS) is 11.9. The number of ether oxygens (including phenoxy) is 1. The minimum Gasteiger partial charge on any atom is -0.491 e. The summed E-state index contributed by atoms with van der Waals surface area (Å²) in [7, 11) is 0. The second kappa shape index (κ2) is 4.38. The van der Waals surface area contributed by atoms with Crippen LogP contribution in [0.5, 0.6) is 5.75 Å². The molecule has 1 aromatic carbocycles. The second-order valence-electron chi connectivity index (χ2n) is 4.78.